The summed E-state index contributed by atoms with van der Waals surface area (Å²) in [6.45, 7) is 3.62. The summed E-state index contributed by atoms with van der Waals surface area (Å²) >= 11 is 0. The van der Waals surface area contributed by atoms with Crippen molar-refractivity contribution in [1.82, 2.24) is 9.88 Å². The summed E-state index contributed by atoms with van der Waals surface area (Å²) in [5.74, 6) is 0. The van der Waals surface area contributed by atoms with Crippen LogP contribution in [0.15, 0.2) is 24.5 Å². The zero-order valence-corrected chi connectivity index (χ0v) is 8.85. The van der Waals surface area contributed by atoms with E-state index < -0.39 is 0 Å². The molecule has 0 bridgehead atoms. The molecular formula is C11H18N2O. The van der Waals surface area contributed by atoms with Crippen molar-refractivity contribution < 1.29 is 5.11 Å². The third-order valence-corrected chi connectivity index (χ3v) is 2.10. The molecule has 0 spiro atoms. The summed E-state index contributed by atoms with van der Waals surface area (Å²) in [5.41, 5.74) is 1.21. The molecule has 0 saturated heterocycles. The van der Waals surface area contributed by atoms with Crippen LogP contribution in [-0.4, -0.2) is 34.7 Å². The number of hydrogen-bond donors (Lipinski definition) is 1. The molecule has 0 amide bonds. The highest BCUT2D eigenvalue weighted by Crippen LogP contribution is 2.02. The van der Waals surface area contributed by atoms with Crippen molar-refractivity contribution in [3.63, 3.8) is 0 Å². The average molecular weight is 194 g/mol. The van der Waals surface area contributed by atoms with Crippen molar-refractivity contribution in [3.8, 4) is 0 Å². The molecule has 0 fully saturated rings. The molecule has 1 rings (SSSR count). The minimum absolute atomic E-state index is 0.216. The maximum atomic E-state index is 9.13. The van der Waals surface area contributed by atoms with Crippen LogP contribution in [0.5, 0.6) is 0 Å². The molecule has 1 atom stereocenters. The molecule has 1 heterocycles. The Bertz CT molecular complexity index is 249. The summed E-state index contributed by atoms with van der Waals surface area (Å²) in [7, 11) is 2.05. The lowest BCUT2D eigenvalue weighted by Crippen LogP contribution is -2.22. The fourth-order valence-corrected chi connectivity index (χ4v) is 1.29. The van der Waals surface area contributed by atoms with Gasteiger partial charge in [-0.2, -0.15) is 0 Å². The number of nitrogens with zero attached hydrogens (tertiary/aromatic N) is 2. The fourth-order valence-electron chi connectivity index (χ4n) is 1.29. The smallest absolute Gasteiger partial charge is 0.0524 e. The van der Waals surface area contributed by atoms with Gasteiger partial charge in [-0.25, -0.2) is 0 Å². The third-order valence-electron chi connectivity index (χ3n) is 2.10. The highest BCUT2D eigenvalue weighted by molar-refractivity contribution is 5.07. The standard InChI is InChI=1S/C11H18N2O/c1-10(14)5-7-13(2)9-11-4-3-6-12-8-11/h3-4,6,8,10,14H,5,7,9H2,1-2H3. The van der Waals surface area contributed by atoms with Crippen LogP contribution in [0.3, 0.4) is 0 Å². The van der Waals surface area contributed by atoms with E-state index in [1.165, 1.54) is 5.56 Å². The van der Waals surface area contributed by atoms with E-state index in [1.54, 1.807) is 6.20 Å². The maximum absolute atomic E-state index is 9.13. The van der Waals surface area contributed by atoms with Crippen LogP contribution in [-0.2, 0) is 6.54 Å². The molecule has 0 aliphatic heterocycles. The number of rotatable bonds is 5. The topological polar surface area (TPSA) is 36.4 Å². The second kappa shape index (κ2) is 5.73. The van der Waals surface area contributed by atoms with E-state index in [1.807, 2.05) is 19.2 Å². The van der Waals surface area contributed by atoms with Gasteiger partial charge >= 0.3 is 0 Å². The first-order chi connectivity index (χ1) is 6.68. The summed E-state index contributed by atoms with van der Waals surface area (Å²) < 4.78 is 0. The van der Waals surface area contributed by atoms with E-state index in [2.05, 4.69) is 23.0 Å². The Labute approximate surface area is 85.4 Å². The first kappa shape index (κ1) is 11.1. The monoisotopic (exact) mass is 194 g/mol. The van der Waals surface area contributed by atoms with Gasteiger partial charge in [0.25, 0.3) is 0 Å². The Morgan fingerprint density at radius 2 is 2.36 bits per heavy atom. The van der Waals surface area contributed by atoms with E-state index in [0.717, 1.165) is 19.5 Å². The molecule has 0 aliphatic carbocycles. The highest BCUT2D eigenvalue weighted by atomic mass is 16.3. The summed E-state index contributed by atoms with van der Waals surface area (Å²) in [6.07, 6.45) is 4.25. The Hall–Kier alpha value is -0.930. The summed E-state index contributed by atoms with van der Waals surface area (Å²) in [6, 6.07) is 4.00. The Balaban J connectivity index is 2.30. The largest absolute Gasteiger partial charge is 0.393 e. The van der Waals surface area contributed by atoms with Gasteiger partial charge < -0.3 is 10.0 Å². The maximum Gasteiger partial charge on any atom is 0.0524 e. The Morgan fingerprint density at radius 3 is 2.93 bits per heavy atom. The van der Waals surface area contributed by atoms with Crippen molar-refractivity contribution in [2.24, 2.45) is 0 Å². The molecule has 78 valence electrons. The molecule has 0 saturated carbocycles. The quantitative estimate of drug-likeness (QED) is 0.767. The van der Waals surface area contributed by atoms with E-state index >= 15 is 0 Å². The van der Waals surface area contributed by atoms with Crippen LogP contribution in [0.4, 0.5) is 0 Å². The highest BCUT2D eigenvalue weighted by Gasteiger charge is 2.02. The molecule has 14 heavy (non-hydrogen) atoms. The minimum Gasteiger partial charge on any atom is -0.393 e. The van der Waals surface area contributed by atoms with Gasteiger partial charge in [0, 0.05) is 25.5 Å². The number of hydrogen-bond acceptors (Lipinski definition) is 3. The molecule has 3 nitrogen and oxygen atoms in total. The summed E-state index contributed by atoms with van der Waals surface area (Å²) in [4.78, 5) is 6.24. The van der Waals surface area contributed by atoms with Crippen molar-refractivity contribution in [2.45, 2.75) is 26.0 Å². The molecule has 1 unspecified atom stereocenters. The van der Waals surface area contributed by atoms with Crippen LogP contribution in [0.2, 0.25) is 0 Å². The molecule has 0 radical (unpaired) electrons. The average Bonchev–Trinajstić information content (AvgIpc) is 2.16. The third kappa shape index (κ3) is 4.35. The van der Waals surface area contributed by atoms with Gasteiger partial charge in [0.05, 0.1) is 6.10 Å². The SMILES string of the molecule is CC(O)CCN(C)Cc1cccnc1. The van der Waals surface area contributed by atoms with E-state index in [4.69, 9.17) is 5.11 Å². The molecule has 1 aromatic heterocycles. The van der Waals surface area contributed by atoms with Crippen molar-refractivity contribution in [2.75, 3.05) is 13.6 Å². The molecule has 1 N–H and O–H groups in total. The second-order valence-electron chi connectivity index (χ2n) is 3.74. The lowest BCUT2D eigenvalue weighted by Gasteiger charge is -2.17. The Kier molecular flexibility index (Phi) is 4.56. The van der Waals surface area contributed by atoms with E-state index in [9.17, 15) is 0 Å². The predicted molar refractivity (Wildman–Crippen MR) is 56.9 cm³/mol. The lowest BCUT2D eigenvalue weighted by molar-refractivity contribution is 0.163. The fraction of sp³-hybridized carbons (Fsp3) is 0.545. The van der Waals surface area contributed by atoms with Crippen LogP contribution >= 0.6 is 0 Å². The zero-order valence-electron chi connectivity index (χ0n) is 8.85. The minimum atomic E-state index is -0.216. The van der Waals surface area contributed by atoms with E-state index in [-0.39, 0.29) is 6.10 Å². The normalized spacial score (nSPS) is 13.1. The van der Waals surface area contributed by atoms with Crippen LogP contribution in [0, 0.1) is 0 Å². The number of aromatic nitrogens is 1. The van der Waals surface area contributed by atoms with E-state index in [0.29, 0.717) is 0 Å². The Morgan fingerprint density at radius 1 is 1.57 bits per heavy atom. The first-order valence-corrected chi connectivity index (χ1v) is 4.94. The molecule has 0 aromatic carbocycles. The zero-order chi connectivity index (χ0) is 10.4. The second-order valence-corrected chi connectivity index (χ2v) is 3.74. The molecule has 0 aliphatic rings. The van der Waals surface area contributed by atoms with Crippen molar-refractivity contribution in [3.05, 3.63) is 30.1 Å². The van der Waals surface area contributed by atoms with Crippen molar-refractivity contribution in [1.29, 1.82) is 0 Å². The number of aliphatic hydroxyl groups is 1. The van der Waals surface area contributed by atoms with Crippen molar-refractivity contribution >= 4 is 0 Å². The number of aliphatic hydroxyl groups excluding tert-OH is 1. The van der Waals surface area contributed by atoms with Gasteiger partial charge in [0.2, 0.25) is 0 Å². The number of pyridine rings is 1. The van der Waals surface area contributed by atoms with Crippen LogP contribution in [0.25, 0.3) is 0 Å². The van der Waals surface area contributed by atoms with Gasteiger partial charge in [0.1, 0.15) is 0 Å². The lowest BCUT2D eigenvalue weighted by atomic mass is 10.2. The predicted octanol–water partition coefficient (Wildman–Crippen LogP) is 1.28. The molecule has 1 aromatic rings. The van der Waals surface area contributed by atoms with Crippen LogP contribution in [0.1, 0.15) is 18.9 Å². The van der Waals surface area contributed by atoms with Gasteiger partial charge in [-0.1, -0.05) is 6.07 Å². The van der Waals surface area contributed by atoms with Gasteiger partial charge in [-0.15, -0.1) is 0 Å². The molecule has 3 heteroatoms. The van der Waals surface area contributed by atoms with Gasteiger partial charge in [-0.3, -0.25) is 4.98 Å². The molecular weight excluding hydrogens is 176 g/mol. The van der Waals surface area contributed by atoms with Gasteiger partial charge in [-0.05, 0) is 32.0 Å². The van der Waals surface area contributed by atoms with Crippen LogP contribution < -0.4 is 0 Å². The first-order valence-electron chi connectivity index (χ1n) is 4.94. The summed E-state index contributed by atoms with van der Waals surface area (Å²) in [5, 5.41) is 9.13. The van der Waals surface area contributed by atoms with Gasteiger partial charge in [0.15, 0.2) is 0 Å².